The topological polar surface area (TPSA) is 58.6 Å². The quantitative estimate of drug-likeness (QED) is 0.699. The Labute approximate surface area is 171 Å². The average Bonchev–Trinajstić information content (AvgIpc) is 2.60. The van der Waals surface area contributed by atoms with E-state index in [4.69, 9.17) is 4.74 Å². The smallest absolute Gasteiger partial charge is 0.410 e. The largest absolute Gasteiger partial charge is 0.444 e. The number of halogens is 1. The van der Waals surface area contributed by atoms with Crippen LogP contribution in [0.25, 0.3) is 0 Å². The maximum atomic E-state index is 12.8. The zero-order valence-electron chi connectivity index (χ0n) is 17.0. The van der Waals surface area contributed by atoms with Crippen LogP contribution in [0.2, 0.25) is 0 Å². The Hall–Kier alpha value is -1.56. The molecule has 2 rings (SSSR count). The van der Waals surface area contributed by atoms with Crippen molar-refractivity contribution >= 4 is 27.9 Å². The molecule has 0 aliphatic carbocycles. The molecule has 0 radical (unpaired) electrons. The fraction of sp³-hybridized carbons (Fsp3) is 0.619. The second-order valence-corrected chi connectivity index (χ2v) is 9.74. The molecule has 0 aromatic heterocycles. The number of carbonyl (C=O) groups excluding carboxylic acids is 2. The van der Waals surface area contributed by atoms with E-state index in [1.165, 1.54) is 5.56 Å². The van der Waals surface area contributed by atoms with Crippen molar-refractivity contribution in [1.29, 1.82) is 0 Å². The summed E-state index contributed by atoms with van der Waals surface area (Å²) >= 11 is 3.63. The number of likely N-dealkylation sites (tertiary alicyclic amines) is 1. The number of nitrogens with one attached hydrogen (secondary N) is 1. The van der Waals surface area contributed by atoms with Gasteiger partial charge in [0.2, 0.25) is 5.91 Å². The number of alkyl halides is 1. The summed E-state index contributed by atoms with van der Waals surface area (Å²) in [7, 11) is 0. The number of hydrogen-bond acceptors (Lipinski definition) is 3. The summed E-state index contributed by atoms with van der Waals surface area (Å²) in [6.45, 7) is 10.7. The highest BCUT2D eigenvalue weighted by Crippen LogP contribution is 2.33. The third-order valence-corrected chi connectivity index (χ3v) is 6.00. The molecule has 27 heavy (non-hydrogen) atoms. The van der Waals surface area contributed by atoms with Crippen molar-refractivity contribution < 1.29 is 14.3 Å². The first-order valence-corrected chi connectivity index (χ1v) is 10.4. The van der Waals surface area contributed by atoms with E-state index in [0.29, 0.717) is 25.9 Å². The van der Waals surface area contributed by atoms with E-state index in [1.807, 2.05) is 27.7 Å². The molecule has 1 heterocycles. The molecule has 1 unspecified atom stereocenters. The highest BCUT2D eigenvalue weighted by molar-refractivity contribution is 9.10. The van der Waals surface area contributed by atoms with E-state index in [9.17, 15) is 9.59 Å². The third-order valence-electron chi connectivity index (χ3n) is 4.85. The van der Waals surface area contributed by atoms with Crippen molar-refractivity contribution in [2.75, 3.05) is 13.1 Å². The Morgan fingerprint density at radius 2 is 1.78 bits per heavy atom. The van der Waals surface area contributed by atoms with Crippen molar-refractivity contribution in [2.45, 2.75) is 69.8 Å². The number of benzene rings is 1. The molecule has 1 aromatic carbocycles. The Bertz CT molecular complexity index is 659. The van der Waals surface area contributed by atoms with Gasteiger partial charge in [-0.15, -0.1) is 0 Å². The van der Waals surface area contributed by atoms with Crippen LogP contribution in [0, 0.1) is 0 Å². The van der Waals surface area contributed by atoms with Crippen LogP contribution in [0.3, 0.4) is 0 Å². The van der Waals surface area contributed by atoms with Crippen LogP contribution < -0.4 is 5.32 Å². The first kappa shape index (κ1) is 21.7. The maximum absolute atomic E-state index is 12.8. The fourth-order valence-corrected chi connectivity index (χ4v) is 3.52. The second kappa shape index (κ2) is 8.63. The van der Waals surface area contributed by atoms with Gasteiger partial charge >= 0.3 is 6.09 Å². The summed E-state index contributed by atoms with van der Waals surface area (Å²) in [6.07, 6.45) is 1.79. The first-order valence-electron chi connectivity index (χ1n) is 9.61. The van der Waals surface area contributed by atoms with Crippen LogP contribution in [0.1, 0.15) is 64.6 Å². The summed E-state index contributed by atoms with van der Waals surface area (Å²) < 4.78 is 4.77. The van der Waals surface area contributed by atoms with Crippen LogP contribution in [0.4, 0.5) is 4.79 Å². The van der Waals surface area contributed by atoms with Gasteiger partial charge in [-0.2, -0.15) is 0 Å². The van der Waals surface area contributed by atoms with E-state index in [-0.39, 0.29) is 18.0 Å². The number of piperidine rings is 1. The van der Waals surface area contributed by atoms with Gasteiger partial charge in [-0.3, -0.25) is 4.79 Å². The van der Waals surface area contributed by atoms with E-state index in [0.717, 1.165) is 12.0 Å². The minimum atomic E-state index is -0.650. The molecule has 0 saturated carbocycles. The Morgan fingerprint density at radius 3 is 2.26 bits per heavy atom. The van der Waals surface area contributed by atoms with Crippen LogP contribution >= 0.6 is 15.9 Å². The lowest BCUT2D eigenvalue weighted by Crippen LogP contribution is -2.52. The van der Waals surface area contributed by atoms with Crippen molar-refractivity contribution in [3.05, 3.63) is 35.4 Å². The normalized spacial score (nSPS) is 17.9. The summed E-state index contributed by atoms with van der Waals surface area (Å²) in [5.41, 5.74) is 1.85. The molecule has 5 nitrogen and oxygen atoms in total. The molecular formula is C21H31BrN2O3. The molecule has 1 aliphatic rings. The van der Waals surface area contributed by atoms with Gasteiger partial charge in [0.1, 0.15) is 9.93 Å². The number of ether oxygens (including phenoxy) is 1. The number of rotatable bonds is 4. The van der Waals surface area contributed by atoms with Gasteiger partial charge in [-0.05, 0) is 58.1 Å². The minimum Gasteiger partial charge on any atom is -0.444 e. The van der Waals surface area contributed by atoms with Gasteiger partial charge < -0.3 is 15.0 Å². The molecule has 1 aliphatic heterocycles. The van der Waals surface area contributed by atoms with Crippen molar-refractivity contribution in [3.8, 4) is 0 Å². The summed E-state index contributed by atoms with van der Waals surface area (Å²) in [4.78, 5) is 26.7. The van der Waals surface area contributed by atoms with Crippen LogP contribution in [-0.2, 0) is 16.0 Å². The molecule has 2 amide bonds. The number of nitrogens with zero attached hydrogens (tertiary/aromatic N) is 1. The first-order chi connectivity index (χ1) is 12.5. The van der Waals surface area contributed by atoms with E-state index < -0.39 is 9.93 Å². The SMILES string of the molecule is CCc1ccc(C(C)NC(=O)C2(Br)CCN(C(=O)OC(C)(C)C)CC2)cc1. The van der Waals surface area contributed by atoms with Crippen molar-refractivity contribution in [2.24, 2.45) is 0 Å². The summed E-state index contributed by atoms with van der Waals surface area (Å²) in [6, 6.07) is 8.26. The molecule has 0 bridgehead atoms. The highest BCUT2D eigenvalue weighted by atomic mass is 79.9. The minimum absolute atomic E-state index is 0.0293. The number of aryl methyl sites for hydroxylation is 1. The van der Waals surface area contributed by atoms with Crippen LogP contribution in [0.15, 0.2) is 24.3 Å². The second-order valence-electron chi connectivity index (χ2n) is 8.22. The zero-order valence-corrected chi connectivity index (χ0v) is 18.6. The molecule has 1 fully saturated rings. The van der Waals surface area contributed by atoms with E-state index in [2.05, 4.69) is 52.4 Å². The number of carbonyl (C=O) groups is 2. The number of hydrogen-bond donors (Lipinski definition) is 1. The monoisotopic (exact) mass is 438 g/mol. The molecule has 1 N–H and O–H groups in total. The highest BCUT2D eigenvalue weighted by Gasteiger charge is 2.41. The average molecular weight is 439 g/mol. The molecular weight excluding hydrogens is 408 g/mol. The van der Waals surface area contributed by atoms with Gasteiger partial charge in [0, 0.05) is 13.1 Å². The Kier molecular flexibility index (Phi) is 6.95. The number of amides is 2. The van der Waals surface area contributed by atoms with E-state index >= 15 is 0 Å². The molecule has 1 saturated heterocycles. The van der Waals surface area contributed by atoms with Gasteiger partial charge in [-0.1, -0.05) is 47.1 Å². The lowest BCUT2D eigenvalue weighted by atomic mass is 9.95. The van der Waals surface area contributed by atoms with Gasteiger partial charge in [0.15, 0.2) is 0 Å². The lowest BCUT2D eigenvalue weighted by Gasteiger charge is -2.38. The predicted octanol–water partition coefficient (Wildman–Crippen LogP) is 4.59. The van der Waals surface area contributed by atoms with Crippen molar-refractivity contribution in [1.82, 2.24) is 10.2 Å². The van der Waals surface area contributed by atoms with Crippen molar-refractivity contribution in [3.63, 3.8) is 0 Å². The van der Waals surface area contributed by atoms with E-state index in [1.54, 1.807) is 4.90 Å². The maximum Gasteiger partial charge on any atom is 0.410 e. The third kappa shape index (κ3) is 5.96. The van der Waals surface area contributed by atoms with Gasteiger partial charge in [0.05, 0.1) is 6.04 Å². The van der Waals surface area contributed by atoms with Crippen LogP contribution in [-0.4, -0.2) is 39.9 Å². The Balaban J connectivity index is 1.91. The standard InChI is InChI=1S/C21H31BrN2O3/c1-6-16-7-9-17(10-8-16)15(2)23-18(25)21(22)11-13-24(14-12-21)19(26)27-20(3,4)5/h7-10,15H,6,11-14H2,1-5H3,(H,23,25). The molecule has 6 heteroatoms. The molecule has 0 spiro atoms. The summed E-state index contributed by atoms with van der Waals surface area (Å²) in [5.74, 6) is -0.0293. The predicted molar refractivity (Wildman–Crippen MR) is 111 cm³/mol. The zero-order chi connectivity index (χ0) is 20.2. The summed E-state index contributed by atoms with van der Waals surface area (Å²) in [5, 5.41) is 3.11. The van der Waals surface area contributed by atoms with Crippen LogP contribution in [0.5, 0.6) is 0 Å². The molecule has 150 valence electrons. The lowest BCUT2D eigenvalue weighted by molar-refractivity contribution is -0.125. The van der Waals surface area contributed by atoms with Gasteiger partial charge in [0.25, 0.3) is 0 Å². The fourth-order valence-electron chi connectivity index (χ4n) is 3.05. The molecule has 1 aromatic rings. The van der Waals surface area contributed by atoms with Gasteiger partial charge in [-0.25, -0.2) is 4.79 Å². The molecule has 1 atom stereocenters. The Morgan fingerprint density at radius 1 is 1.22 bits per heavy atom.